The molecule has 0 aliphatic carbocycles. The summed E-state index contributed by atoms with van der Waals surface area (Å²) < 4.78 is 0. The van der Waals surface area contributed by atoms with Gasteiger partial charge in [-0.3, -0.25) is 9.59 Å². The van der Waals surface area contributed by atoms with Gasteiger partial charge in [0, 0.05) is 19.3 Å². The van der Waals surface area contributed by atoms with E-state index >= 15 is 0 Å². The number of aryl methyl sites for hydroxylation is 2. The Labute approximate surface area is 130 Å². The predicted octanol–water partition coefficient (Wildman–Crippen LogP) is 2.90. The third-order valence-corrected chi connectivity index (χ3v) is 3.28. The van der Waals surface area contributed by atoms with E-state index in [2.05, 4.69) is 5.32 Å². The summed E-state index contributed by atoms with van der Waals surface area (Å²) in [7, 11) is 1.62. The van der Waals surface area contributed by atoms with Gasteiger partial charge in [0.1, 0.15) is 0 Å². The standard InChI is InChI=1S/C18H20N2O2/c1-13-9-14(2)11-16(10-13)19-17(21)18(22)20(3)12-15-7-5-4-6-8-15/h4-11H,12H2,1-3H3,(H,19,21). The number of hydrogen-bond acceptors (Lipinski definition) is 2. The van der Waals surface area contributed by atoms with E-state index in [1.807, 2.05) is 62.4 Å². The van der Waals surface area contributed by atoms with Crippen LogP contribution in [0.4, 0.5) is 5.69 Å². The molecule has 2 aromatic rings. The fraction of sp³-hybridized carbons (Fsp3) is 0.222. The molecule has 2 amide bonds. The first kappa shape index (κ1) is 15.8. The molecule has 0 aliphatic heterocycles. The first-order valence-electron chi connectivity index (χ1n) is 7.14. The minimum Gasteiger partial charge on any atom is -0.333 e. The molecule has 0 bridgehead atoms. The number of hydrogen-bond donors (Lipinski definition) is 1. The van der Waals surface area contributed by atoms with E-state index in [0.717, 1.165) is 16.7 Å². The number of amides is 2. The van der Waals surface area contributed by atoms with Crippen LogP contribution in [0.2, 0.25) is 0 Å². The first-order valence-corrected chi connectivity index (χ1v) is 7.14. The zero-order chi connectivity index (χ0) is 16.1. The van der Waals surface area contributed by atoms with Crippen LogP contribution in [0.15, 0.2) is 48.5 Å². The van der Waals surface area contributed by atoms with Crippen molar-refractivity contribution in [3.8, 4) is 0 Å². The lowest BCUT2D eigenvalue weighted by molar-refractivity contribution is -0.142. The second-order valence-corrected chi connectivity index (χ2v) is 5.48. The molecule has 0 atom stereocenters. The Morgan fingerprint density at radius 3 is 2.18 bits per heavy atom. The lowest BCUT2D eigenvalue weighted by Gasteiger charge is -2.17. The molecule has 0 aliphatic rings. The van der Waals surface area contributed by atoms with Crippen molar-refractivity contribution < 1.29 is 9.59 Å². The zero-order valence-electron chi connectivity index (χ0n) is 13.1. The van der Waals surface area contributed by atoms with E-state index in [1.54, 1.807) is 7.05 Å². The molecule has 0 spiro atoms. The zero-order valence-corrected chi connectivity index (χ0v) is 13.1. The van der Waals surface area contributed by atoms with Crippen molar-refractivity contribution in [3.63, 3.8) is 0 Å². The topological polar surface area (TPSA) is 49.4 Å². The number of carbonyl (C=O) groups excluding carboxylic acids is 2. The fourth-order valence-electron chi connectivity index (χ4n) is 2.33. The van der Waals surface area contributed by atoms with Crippen molar-refractivity contribution in [2.24, 2.45) is 0 Å². The van der Waals surface area contributed by atoms with Crippen molar-refractivity contribution >= 4 is 17.5 Å². The number of benzene rings is 2. The highest BCUT2D eigenvalue weighted by molar-refractivity contribution is 6.39. The molecule has 2 aromatic carbocycles. The molecule has 114 valence electrons. The summed E-state index contributed by atoms with van der Waals surface area (Å²) in [6, 6.07) is 15.3. The highest BCUT2D eigenvalue weighted by atomic mass is 16.2. The molecule has 0 unspecified atom stereocenters. The molecule has 1 N–H and O–H groups in total. The highest BCUT2D eigenvalue weighted by Gasteiger charge is 2.19. The maximum atomic E-state index is 12.1. The normalized spacial score (nSPS) is 10.1. The molecule has 0 aromatic heterocycles. The summed E-state index contributed by atoms with van der Waals surface area (Å²) in [6.45, 7) is 4.30. The third-order valence-electron chi connectivity index (χ3n) is 3.28. The number of nitrogens with zero attached hydrogens (tertiary/aromatic N) is 1. The van der Waals surface area contributed by atoms with Gasteiger partial charge >= 0.3 is 11.8 Å². The van der Waals surface area contributed by atoms with Crippen molar-refractivity contribution in [3.05, 3.63) is 65.2 Å². The summed E-state index contributed by atoms with van der Waals surface area (Å²) >= 11 is 0. The first-order chi connectivity index (χ1) is 10.5. The molecule has 0 heterocycles. The van der Waals surface area contributed by atoms with Gasteiger partial charge < -0.3 is 10.2 Å². The Bertz CT molecular complexity index is 660. The molecule has 4 nitrogen and oxygen atoms in total. The van der Waals surface area contributed by atoms with E-state index in [0.29, 0.717) is 12.2 Å². The SMILES string of the molecule is Cc1cc(C)cc(NC(=O)C(=O)N(C)Cc2ccccc2)c1. The van der Waals surface area contributed by atoms with E-state index in [9.17, 15) is 9.59 Å². The van der Waals surface area contributed by atoms with Crippen LogP contribution in [-0.2, 0) is 16.1 Å². The summed E-state index contributed by atoms with van der Waals surface area (Å²) in [5.41, 5.74) is 3.71. The van der Waals surface area contributed by atoms with E-state index < -0.39 is 11.8 Å². The van der Waals surface area contributed by atoms with Gasteiger partial charge in [0.05, 0.1) is 0 Å². The molecular formula is C18H20N2O2. The van der Waals surface area contributed by atoms with Crippen LogP contribution in [0.1, 0.15) is 16.7 Å². The van der Waals surface area contributed by atoms with Gasteiger partial charge in [0.2, 0.25) is 0 Å². The molecule has 0 fully saturated rings. The van der Waals surface area contributed by atoms with Gasteiger partial charge in [0.15, 0.2) is 0 Å². The molecule has 22 heavy (non-hydrogen) atoms. The number of rotatable bonds is 3. The predicted molar refractivity (Wildman–Crippen MR) is 87.5 cm³/mol. The maximum absolute atomic E-state index is 12.1. The van der Waals surface area contributed by atoms with Crippen molar-refractivity contribution in [2.45, 2.75) is 20.4 Å². The summed E-state index contributed by atoms with van der Waals surface area (Å²) in [5, 5.41) is 2.66. The highest BCUT2D eigenvalue weighted by Crippen LogP contribution is 2.14. The second-order valence-electron chi connectivity index (χ2n) is 5.48. The third kappa shape index (κ3) is 4.19. The minimum absolute atomic E-state index is 0.403. The maximum Gasteiger partial charge on any atom is 0.313 e. The van der Waals surface area contributed by atoms with Crippen LogP contribution in [0, 0.1) is 13.8 Å². The molecule has 2 rings (SSSR count). The van der Waals surface area contributed by atoms with Crippen LogP contribution in [0.5, 0.6) is 0 Å². The molecule has 0 radical (unpaired) electrons. The van der Waals surface area contributed by atoms with Crippen LogP contribution in [0.25, 0.3) is 0 Å². The number of nitrogens with one attached hydrogen (secondary N) is 1. The fourth-order valence-corrected chi connectivity index (χ4v) is 2.33. The van der Waals surface area contributed by atoms with E-state index in [4.69, 9.17) is 0 Å². The van der Waals surface area contributed by atoms with Crippen LogP contribution >= 0.6 is 0 Å². The van der Waals surface area contributed by atoms with Gasteiger partial charge in [-0.2, -0.15) is 0 Å². The van der Waals surface area contributed by atoms with Gasteiger partial charge in [0.25, 0.3) is 0 Å². The van der Waals surface area contributed by atoms with Crippen molar-refractivity contribution in [2.75, 3.05) is 12.4 Å². The van der Waals surface area contributed by atoms with Crippen LogP contribution < -0.4 is 5.32 Å². The Morgan fingerprint density at radius 2 is 1.59 bits per heavy atom. The average Bonchev–Trinajstić information content (AvgIpc) is 2.46. The van der Waals surface area contributed by atoms with Crippen molar-refractivity contribution in [1.29, 1.82) is 0 Å². The smallest absolute Gasteiger partial charge is 0.313 e. The number of likely N-dealkylation sites (N-methyl/N-ethyl adjacent to an activating group) is 1. The molecule has 4 heteroatoms. The Morgan fingerprint density at radius 1 is 1.00 bits per heavy atom. The number of anilines is 1. The van der Waals surface area contributed by atoms with Gasteiger partial charge in [-0.25, -0.2) is 0 Å². The van der Waals surface area contributed by atoms with Gasteiger partial charge in [-0.15, -0.1) is 0 Å². The minimum atomic E-state index is -0.622. The number of carbonyl (C=O) groups is 2. The van der Waals surface area contributed by atoms with E-state index in [-0.39, 0.29) is 0 Å². The Hall–Kier alpha value is -2.62. The van der Waals surface area contributed by atoms with Crippen molar-refractivity contribution in [1.82, 2.24) is 4.90 Å². The second kappa shape index (κ2) is 6.89. The lowest BCUT2D eigenvalue weighted by atomic mass is 10.1. The molecule has 0 saturated heterocycles. The summed E-state index contributed by atoms with van der Waals surface area (Å²) in [6.07, 6.45) is 0. The Balaban J connectivity index is 2.01. The van der Waals surface area contributed by atoms with Gasteiger partial charge in [-0.1, -0.05) is 36.4 Å². The summed E-state index contributed by atoms with van der Waals surface area (Å²) in [4.78, 5) is 25.6. The van der Waals surface area contributed by atoms with Crippen LogP contribution in [-0.4, -0.2) is 23.8 Å². The Kier molecular flexibility index (Phi) is 4.94. The van der Waals surface area contributed by atoms with E-state index in [1.165, 1.54) is 4.90 Å². The lowest BCUT2D eigenvalue weighted by Crippen LogP contribution is -2.36. The van der Waals surface area contributed by atoms with Crippen LogP contribution in [0.3, 0.4) is 0 Å². The monoisotopic (exact) mass is 296 g/mol. The largest absolute Gasteiger partial charge is 0.333 e. The van der Waals surface area contributed by atoms with Gasteiger partial charge in [-0.05, 0) is 42.7 Å². The average molecular weight is 296 g/mol. The molecular weight excluding hydrogens is 276 g/mol. The molecule has 0 saturated carbocycles. The summed E-state index contributed by atoms with van der Waals surface area (Å²) in [5.74, 6) is -1.17. The quantitative estimate of drug-likeness (QED) is 0.885.